The van der Waals surface area contributed by atoms with E-state index in [9.17, 15) is 4.79 Å². The first-order valence-corrected chi connectivity index (χ1v) is 4.60. The minimum Gasteiger partial charge on any atom is -0.478 e. The lowest BCUT2D eigenvalue weighted by Gasteiger charge is -2.03. The molecule has 0 aromatic rings. The maximum atomic E-state index is 10.0. The Kier molecular flexibility index (Phi) is 7.30. The molecule has 0 amide bonds. The highest BCUT2D eigenvalue weighted by molar-refractivity contribution is 5.79. The van der Waals surface area contributed by atoms with Crippen LogP contribution in [0.4, 0.5) is 0 Å². The lowest BCUT2D eigenvalue weighted by atomic mass is 10.1. The Morgan fingerprint density at radius 2 is 2.23 bits per heavy atom. The Labute approximate surface area is 79.4 Å². The van der Waals surface area contributed by atoms with Gasteiger partial charge in [-0.1, -0.05) is 19.9 Å². The van der Waals surface area contributed by atoms with Gasteiger partial charge in [-0.25, -0.2) is 4.79 Å². The van der Waals surface area contributed by atoms with Crippen LogP contribution < -0.4 is 0 Å². The second-order valence-corrected chi connectivity index (χ2v) is 3.35. The van der Waals surface area contributed by atoms with Gasteiger partial charge in [0, 0.05) is 12.7 Å². The van der Waals surface area contributed by atoms with Crippen molar-refractivity contribution >= 4 is 5.97 Å². The van der Waals surface area contributed by atoms with Crippen molar-refractivity contribution in [1.82, 2.24) is 0 Å². The molecule has 3 nitrogen and oxygen atoms in total. The maximum absolute atomic E-state index is 10.0. The molecule has 0 spiro atoms. The van der Waals surface area contributed by atoms with Crippen molar-refractivity contribution in [3.8, 4) is 0 Å². The number of hydrogen-bond donors (Lipinski definition) is 1. The van der Waals surface area contributed by atoms with Crippen molar-refractivity contribution in [3.05, 3.63) is 12.2 Å². The normalized spacial score (nSPS) is 11.3. The van der Waals surface area contributed by atoms with E-state index in [2.05, 4.69) is 13.8 Å². The molecule has 76 valence electrons. The van der Waals surface area contributed by atoms with E-state index in [1.54, 1.807) is 0 Å². The van der Waals surface area contributed by atoms with E-state index in [4.69, 9.17) is 9.84 Å². The summed E-state index contributed by atoms with van der Waals surface area (Å²) in [6.07, 6.45) is 4.81. The summed E-state index contributed by atoms with van der Waals surface area (Å²) in [6.45, 7) is 5.45. The van der Waals surface area contributed by atoms with Gasteiger partial charge < -0.3 is 9.84 Å². The first-order valence-electron chi connectivity index (χ1n) is 4.60. The minimum atomic E-state index is -0.925. The molecule has 0 saturated heterocycles. The summed E-state index contributed by atoms with van der Waals surface area (Å²) in [6, 6.07) is 0. The molecular weight excluding hydrogens is 168 g/mol. The molecule has 0 aromatic carbocycles. The quantitative estimate of drug-likeness (QED) is 0.489. The van der Waals surface area contributed by atoms with Crippen LogP contribution in [0.5, 0.6) is 0 Å². The topological polar surface area (TPSA) is 46.5 Å². The minimum absolute atomic E-state index is 0.393. The molecule has 0 bridgehead atoms. The van der Waals surface area contributed by atoms with Gasteiger partial charge in [0.2, 0.25) is 0 Å². The predicted octanol–water partition coefficient (Wildman–Crippen LogP) is 2.08. The fourth-order valence-corrected chi connectivity index (χ4v) is 0.894. The number of aliphatic carboxylic acids is 1. The average molecular weight is 186 g/mol. The van der Waals surface area contributed by atoms with E-state index >= 15 is 0 Å². The van der Waals surface area contributed by atoms with Crippen LogP contribution in [0.15, 0.2) is 12.2 Å². The summed E-state index contributed by atoms with van der Waals surface area (Å²) in [4.78, 5) is 10.0. The number of rotatable bonds is 7. The van der Waals surface area contributed by atoms with Crippen LogP contribution in [0.1, 0.15) is 26.7 Å². The van der Waals surface area contributed by atoms with E-state index in [1.165, 1.54) is 6.08 Å². The Morgan fingerprint density at radius 3 is 2.77 bits per heavy atom. The molecule has 13 heavy (non-hydrogen) atoms. The molecule has 0 unspecified atom stereocenters. The van der Waals surface area contributed by atoms with Crippen LogP contribution in [0.3, 0.4) is 0 Å². The van der Waals surface area contributed by atoms with Crippen LogP contribution >= 0.6 is 0 Å². The number of ether oxygens (including phenoxy) is 1. The highest BCUT2D eigenvalue weighted by Gasteiger charge is 1.93. The van der Waals surface area contributed by atoms with Crippen molar-refractivity contribution < 1.29 is 14.6 Å². The summed E-state index contributed by atoms with van der Waals surface area (Å²) < 4.78 is 5.18. The molecule has 0 heterocycles. The second kappa shape index (κ2) is 7.80. The lowest BCUT2D eigenvalue weighted by molar-refractivity contribution is -0.131. The molecule has 0 fully saturated rings. The Bertz CT molecular complexity index is 162. The third-order valence-electron chi connectivity index (χ3n) is 1.54. The summed E-state index contributed by atoms with van der Waals surface area (Å²) in [5.41, 5.74) is 0. The van der Waals surface area contributed by atoms with Gasteiger partial charge in [0.15, 0.2) is 0 Å². The van der Waals surface area contributed by atoms with E-state index in [-0.39, 0.29) is 0 Å². The summed E-state index contributed by atoms with van der Waals surface area (Å²) in [5.74, 6) is -0.219. The molecule has 3 heteroatoms. The van der Waals surface area contributed by atoms with Crippen molar-refractivity contribution in [2.24, 2.45) is 5.92 Å². The number of hydrogen-bond acceptors (Lipinski definition) is 2. The third-order valence-corrected chi connectivity index (χ3v) is 1.54. The molecule has 0 radical (unpaired) electrons. The number of carboxylic acids is 1. The van der Waals surface area contributed by atoms with Gasteiger partial charge in [0.25, 0.3) is 0 Å². The summed E-state index contributed by atoms with van der Waals surface area (Å²) >= 11 is 0. The van der Waals surface area contributed by atoms with Crippen molar-refractivity contribution in [2.75, 3.05) is 13.2 Å². The molecule has 0 aliphatic heterocycles. The number of carboxylic acid groups (broad SMARTS) is 1. The summed E-state index contributed by atoms with van der Waals surface area (Å²) in [5, 5.41) is 8.25. The zero-order chi connectivity index (χ0) is 10.1. The van der Waals surface area contributed by atoms with E-state index in [1.807, 2.05) is 0 Å². The molecule has 0 saturated carbocycles. The Balaban J connectivity index is 3.13. The molecule has 0 rings (SSSR count). The van der Waals surface area contributed by atoms with Gasteiger partial charge in [0.05, 0.1) is 6.61 Å². The molecule has 0 aromatic heterocycles. The molecule has 0 aliphatic carbocycles. The molecule has 0 aliphatic rings. The van der Waals surface area contributed by atoms with Crippen LogP contribution in [-0.2, 0) is 9.53 Å². The van der Waals surface area contributed by atoms with Gasteiger partial charge >= 0.3 is 5.97 Å². The Morgan fingerprint density at radius 1 is 1.54 bits per heavy atom. The average Bonchev–Trinajstić information content (AvgIpc) is 2.01. The molecule has 0 atom stereocenters. The first-order chi connectivity index (χ1) is 6.13. The van der Waals surface area contributed by atoms with E-state index in [0.717, 1.165) is 18.9 Å². The second-order valence-electron chi connectivity index (χ2n) is 3.35. The predicted molar refractivity (Wildman–Crippen MR) is 51.7 cm³/mol. The van der Waals surface area contributed by atoms with E-state index in [0.29, 0.717) is 19.1 Å². The van der Waals surface area contributed by atoms with Crippen molar-refractivity contribution in [1.29, 1.82) is 0 Å². The van der Waals surface area contributed by atoms with E-state index < -0.39 is 5.97 Å². The van der Waals surface area contributed by atoms with Crippen molar-refractivity contribution in [2.45, 2.75) is 26.7 Å². The summed E-state index contributed by atoms with van der Waals surface area (Å²) in [7, 11) is 0. The first kappa shape index (κ1) is 12.2. The highest BCUT2D eigenvalue weighted by Crippen LogP contribution is 2.02. The largest absolute Gasteiger partial charge is 0.478 e. The van der Waals surface area contributed by atoms with Gasteiger partial charge in [-0.2, -0.15) is 0 Å². The van der Waals surface area contributed by atoms with Gasteiger partial charge in [-0.05, 0) is 18.8 Å². The third kappa shape index (κ3) is 11.2. The molecular formula is C10H18O3. The lowest BCUT2D eigenvalue weighted by Crippen LogP contribution is -1.97. The van der Waals surface area contributed by atoms with Crippen LogP contribution in [0.25, 0.3) is 0 Å². The zero-order valence-electron chi connectivity index (χ0n) is 8.32. The van der Waals surface area contributed by atoms with Crippen LogP contribution in [0.2, 0.25) is 0 Å². The fourth-order valence-electron chi connectivity index (χ4n) is 0.894. The van der Waals surface area contributed by atoms with Gasteiger partial charge in [-0.3, -0.25) is 0 Å². The standard InChI is InChI=1S/C10H18O3/c1-9(2)5-3-7-13-8-4-6-10(11)12/h4,6,9H,3,5,7-8H2,1-2H3,(H,11,12). The van der Waals surface area contributed by atoms with Gasteiger partial charge in [0.1, 0.15) is 0 Å². The van der Waals surface area contributed by atoms with Crippen molar-refractivity contribution in [3.63, 3.8) is 0 Å². The van der Waals surface area contributed by atoms with Crippen LogP contribution in [-0.4, -0.2) is 24.3 Å². The monoisotopic (exact) mass is 186 g/mol. The number of carbonyl (C=O) groups is 1. The zero-order valence-corrected chi connectivity index (χ0v) is 8.32. The van der Waals surface area contributed by atoms with Gasteiger partial charge in [-0.15, -0.1) is 0 Å². The fraction of sp³-hybridized carbons (Fsp3) is 0.700. The highest BCUT2D eigenvalue weighted by atomic mass is 16.5. The SMILES string of the molecule is CC(C)CCCOCC=CC(=O)O. The Hall–Kier alpha value is -0.830. The smallest absolute Gasteiger partial charge is 0.328 e. The van der Waals surface area contributed by atoms with Crippen LogP contribution in [0, 0.1) is 5.92 Å². The maximum Gasteiger partial charge on any atom is 0.328 e. The molecule has 1 N–H and O–H groups in total.